The van der Waals surface area contributed by atoms with Crippen LogP contribution in [-0.4, -0.2) is 23.0 Å². The molecule has 0 fully saturated rings. The van der Waals surface area contributed by atoms with Crippen molar-refractivity contribution in [3.63, 3.8) is 0 Å². The minimum absolute atomic E-state index is 0.387. The molecule has 0 rings (SSSR count). The molecular weight excluding hydrogens is 146 g/mol. The zero-order valence-electron chi connectivity index (χ0n) is 6.50. The van der Waals surface area contributed by atoms with E-state index in [4.69, 9.17) is 5.11 Å². The number of hydrogen-bond acceptors (Lipinski definition) is 2. The Kier molecular flexibility index (Phi) is 3.95. The van der Waals surface area contributed by atoms with Gasteiger partial charge in [0.25, 0.3) is 0 Å². The second-order valence-electron chi connectivity index (χ2n) is 2.07. The molecule has 11 heavy (non-hydrogen) atoms. The molecular formula is C7H11NO3. The van der Waals surface area contributed by atoms with Gasteiger partial charge in [-0.1, -0.05) is 6.08 Å². The largest absolute Gasteiger partial charge is 0.480 e. The third-order valence-corrected chi connectivity index (χ3v) is 1.05. The first-order chi connectivity index (χ1) is 5.07. The van der Waals surface area contributed by atoms with Gasteiger partial charge in [0.15, 0.2) is 0 Å². The number of rotatable bonds is 3. The fraction of sp³-hybridized carbons (Fsp3) is 0.429. The number of carboxylic acid groups (broad SMARTS) is 1. The highest BCUT2D eigenvalue weighted by Gasteiger charge is 2.10. The number of carbonyl (C=O) groups excluding carboxylic acids is 1. The first kappa shape index (κ1) is 9.68. The summed E-state index contributed by atoms with van der Waals surface area (Å²) in [5.41, 5.74) is 0. The van der Waals surface area contributed by atoms with Crippen molar-refractivity contribution in [1.29, 1.82) is 0 Å². The number of carboxylic acids is 1. The summed E-state index contributed by atoms with van der Waals surface area (Å²) in [5.74, 6) is -1.43. The van der Waals surface area contributed by atoms with E-state index in [-0.39, 0.29) is 5.91 Å². The third kappa shape index (κ3) is 4.13. The molecule has 1 atom stereocenters. The molecule has 0 saturated carbocycles. The summed E-state index contributed by atoms with van der Waals surface area (Å²) in [5, 5.41) is 10.6. The highest BCUT2D eigenvalue weighted by molar-refractivity contribution is 5.90. The van der Waals surface area contributed by atoms with E-state index in [0.717, 1.165) is 0 Å². The molecule has 0 bridgehead atoms. The molecule has 1 amide bonds. The van der Waals surface area contributed by atoms with Gasteiger partial charge in [-0.3, -0.25) is 9.59 Å². The molecule has 0 saturated heterocycles. The number of hydrogen-bond donors (Lipinski definition) is 2. The van der Waals surface area contributed by atoms with Gasteiger partial charge < -0.3 is 10.4 Å². The third-order valence-electron chi connectivity index (χ3n) is 1.05. The number of carbonyl (C=O) groups is 2. The van der Waals surface area contributed by atoms with Crippen LogP contribution in [-0.2, 0) is 9.59 Å². The van der Waals surface area contributed by atoms with Crippen LogP contribution in [0.2, 0.25) is 0 Å². The molecule has 0 aromatic rings. The number of amides is 1. The normalized spacial score (nSPS) is 12.9. The average Bonchev–Trinajstić information content (AvgIpc) is 1.87. The molecule has 4 heteroatoms. The van der Waals surface area contributed by atoms with Crippen molar-refractivity contribution in [1.82, 2.24) is 5.32 Å². The molecule has 4 nitrogen and oxygen atoms in total. The Morgan fingerprint density at radius 3 is 2.45 bits per heavy atom. The number of nitrogens with one attached hydrogen (secondary N) is 1. The minimum Gasteiger partial charge on any atom is -0.480 e. The van der Waals surface area contributed by atoms with Crippen LogP contribution in [0.4, 0.5) is 0 Å². The van der Waals surface area contributed by atoms with Crippen LogP contribution in [0.15, 0.2) is 12.2 Å². The summed E-state index contributed by atoms with van der Waals surface area (Å²) in [6, 6.07) is -0.835. The maximum atomic E-state index is 10.7. The molecule has 0 aliphatic carbocycles. The number of aliphatic carboxylic acids is 1. The fourth-order valence-corrected chi connectivity index (χ4v) is 0.475. The van der Waals surface area contributed by atoms with Crippen molar-refractivity contribution in [2.75, 3.05) is 0 Å². The van der Waals surface area contributed by atoms with Crippen LogP contribution in [0.5, 0.6) is 0 Å². The lowest BCUT2D eigenvalue weighted by molar-refractivity contribution is -0.140. The molecule has 0 aliphatic heterocycles. The summed E-state index contributed by atoms with van der Waals surface area (Å²) in [4.78, 5) is 20.9. The Bertz CT molecular complexity index is 186. The van der Waals surface area contributed by atoms with E-state index >= 15 is 0 Å². The summed E-state index contributed by atoms with van der Waals surface area (Å²) in [6.07, 6.45) is 2.82. The van der Waals surface area contributed by atoms with E-state index in [1.165, 1.54) is 13.0 Å². The fourth-order valence-electron chi connectivity index (χ4n) is 0.475. The molecule has 2 N–H and O–H groups in total. The molecule has 0 aliphatic rings. The Hall–Kier alpha value is -1.32. The average molecular weight is 157 g/mol. The van der Waals surface area contributed by atoms with Crippen molar-refractivity contribution in [3.05, 3.63) is 12.2 Å². The van der Waals surface area contributed by atoms with Gasteiger partial charge in [-0.2, -0.15) is 0 Å². The van der Waals surface area contributed by atoms with E-state index in [9.17, 15) is 9.59 Å². The van der Waals surface area contributed by atoms with Crippen LogP contribution < -0.4 is 5.32 Å². The second-order valence-corrected chi connectivity index (χ2v) is 2.07. The summed E-state index contributed by atoms with van der Waals surface area (Å²) in [7, 11) is 0. The maximum absolute atomic E-state index is 10.7. The highest BCUT2D eigenvalue weighted by atomic mass is 16.4. The lowest BCUT2D eigenvalue weighted by Gasteiger charge is -2.05. The highest BCUT2D eigenvalue weighted by Crippen LogP contribution is 1.81. The van der Waals surface area contributed by atoms with Crippen LogP contribution in [0, 0.1) is 0 Å². The standard InChI is InChI=1S/C7H11NO3/c1-3-4-6(9)8-5(2)7(10)11/h3-5H,1-2H3,(H,8,9)(H,10,11)/b4-3+. The van der Waals surface area contributed by atoms with E-state index < -0.39 is 12.0 Å². The maximum Gasteiger partial charge on any atom is 0.325 e. The molecule has 0 spiro atoms. The van der Waals surface area contributed by atoms with E-state index in [1.807, 2.05) is 0 Å². The predicted molar refractivity (Wildman–Crippen MR) is 40.1 cm³/mol. The van der Waals surface area contributed by atoms with Crippen molar-refractivity contribution in [3.8, 4) is 0 Å². The monoisotopic (exact) mass is 157 g/mol. The Morgan fingerprint density at radius 2 is 2.09 bits per heavy atom. The summed E-state index contributed by atoms with van der Waals surface area (Å²) in [6.45, 7) is 3.09. The Labute approximate surface area is 64.9 Å². The lowest BCUT2D eigenvalue weighted by atomic mass is 10.3. The first-order valence-corrected chi connectivity index (χ1v) is 3.24. The van der Waals surface area contributed by atoms with Gasteiger partial charge in [-0.15, -0.1) is 0 Å². The Balaban J connectivity index is 3.85. The minimum atomic E-state index is -1.04. The second kappa shape index (κ2) is 4.49. The molecule has 0 aromatic heterocycles. The summed E-state index contributed by atoms with van der Waals surface area (Å²) >= 11 is 0. The SMILES string of the molecule is C/C=C/C(=O)NC(C)C(=O)O. The van der Waals surface area contributed by atoms with Crippen LogP contribution in [0.25, 0.3) is 0 Å². The van der Waals surface area contributed by atoms with E-state index in [0.29, 0.717) is 0 Å². The van der Waals surface area contributed by atoms with Gasteiger partial charge in [0.2, 0.25) is 5.91 Å². The van der Waals surface area contributed by atoms with Gasteiger partial charge in [0.1, 0.15) is 6.04 Å². The van der Waals surface area contributed by atoms with Gasteiger partial charge in [-0.25, -0.2) is 0 Å². The Morgan fingerprint density at radius 1 is 1.55 bits per heavy atom. The smallest absolute Gasteiger partial charge is 0.325 e. The molecule has 0 heterocycles. The van der Waals surface area contributed by atoms with Crippen molar-refractivity contribution >= 4 is 11.9 Å². The van der Waals surface area contributed by atoms with Gasteiger partial charge in [0, 0.05) is 0 Å². The van der Waals surface area contributed by atoms with E-state index in [1.54, 1.807) is 13.0 Å². The van der Waals surface area contributed by atoms with Gasteiger partial charge in [0.05, 0.1) is 0 Å². The zero-order chi connectivity index (χ0) is 8.85. The van der Waals surface area contributed by atoms with Crippen molar-refractivity contribution < 1.29 is 14.7 Å². The molecule has 1 unspecified atom stereocenters. The lowest BCUT2D eigenvalue weighted by Crippen LogP contribution is -2.37. The number of allylic oxidation sites excluding steroid dienone is 1. The topological polar surface area (TPSA) is 66.4 Å². The summed E-state index contributed by atoms with van der Waals surface area (Å²) < 4.78 is 0. The van der Waals surface area contributed by atoms with Gasteiger partial charge in [-0.05, 0) is 19.9 Å². The van der Waals surface area contributed by atoms with Gasteiger partial charge >= 0.3 is 5.97 Å². The zero-order valence-corrected chi connectivity index (χ0v) is 6.50. The van der Waals surface area contributed by atoms with Crippen LogP contribution in [0.1, 0.15) is 13.8 Å². The quantitative estimate of drug-likeness (QED) is 0.573. The van der Waals surface area contributed by atoms with Crippen LogP contribution in [0.3, 0.4) is 0 Å². The van der Waals surface area contributed by atoms with Crippen molar-refractivity contribution in [2.24, 2.45) is 0 Å². The molecule has 62 valence electrons. The molecule has 0 radical (unpaired) electrons. The molecule has 0 aromatic carbocycles. The van der Waals surface area contributed by atoms with E-state index in [2.05, 4.69) is 5.32 Å². The first-order valence-electron chi connectivity index (χ1n) is 3.24. The van der Waals surface area contributed by atoms with Crippen molar-refractivity contribution in [2.45, 2.75) is 19.9 Å². The van der Waals surface area contributed by atoms with Crippen LogP contribution >= 0.6 is 0 Å². The predicted octanol–water partition coefficient (Wildman–Crippen LogP) is 0.152.